The van der Waals surface area contributed by atoms with E-state index in [2.05, 4.69) is 67.3 Å². The number of fused-ring (bicyclic) bond motifs is 5. The quantitative estimate of drug-likeness (QED) is 0.184. The van der Waals surface area contributed by atoms with Crippen LogP contribution in [0.15, 0.2) is 127 Å². The Balaban J connectivity index is 1.41. The molecule has 0 N–H and O–H groups in total. The van der Waals surface area contributed by atoms with Crippen molar-refractivity contribution >= 4 is 44.5 Å². The molecule has 3 nitrogen and oxygen atoms in total. The molecule has 0 saturated carbocycles. The second kappa shape index (κ2) is 8.12. The van der Waals surface area contributed by atoms with Crippen LogP contribution in [-0.2, 0) is 5.41 Å². The summed E-state index contributed by atoms with van der Waals surface area (Å²) in [6, 6.07) is 34.5. The molecule has 2 aliphatic rings. The zero-order valence-electron chi connectivity index (χ0n) is 21.2. The van der Waals surface area contributed by atoms with Gasteiger partial charge < -0.3 is 4.90 Å². The van der Waals surface area contributed by atoms with E-state index in [4.69, 9.17) is 0 Å². The van der Waals surface area contributed by atoms with Crippen molar-refractivity contribution in [2.75, 3.05) is 4.90 Å². The number of anilines is 2. The fourth-order valence-electron chi connectivity index (χ4n) is 6.10. The first kappa shape index (κ1) is 22.4. The average Bonchev–Trinajstić information content (AvgIpc) is 3.32. The molecule has 38 heavy (non-hydrogen) atoms. The normalized spacial score (nSPS) is 16.9. The van der Waals surface area contributed by atoms with Crippen molar-refractivity contribution in [1.29, 1.82) is 0 Å². The Morgan fingerprint density at radius 2 is 1.21 bits per heavy atom. The molecule has 182 valence electrons. The van der Waals surface area contributed by atoms with Gasteiger partial charge in [-0.2, -0.15) is 0 Å². The molecule has 0 spiro atoms. The van der Waals surface area contributed by atoms with E-state index in [0.29, 0.717) is 11.1 Å². The van der Waals surface area contributed by atoms with E-state index in [1.54, 1.807) is 6.08 Å². The molecule has 0 fully saturated rings. The van der Waals surface area contributed by atoms with Gasteiger partial charge in [0.1, 0.15) is 0 Å². The number of carbonyl (C=O) groups excluding carboxylic acids is 2. The lowest BCUT2D eigenvalue weighted by atomic mass is 9.81. The average molecular weight is 492 g/mol. The maximum absolute atomic E-state index is 13.4. The van der Waals surface area contributed by atoms with Crippen LogP contribution in [-0.4, -0.2) is 11.6 Å². The van der Waals surface area contributed by atoms with Crippen molar-refractivity contribution in [2.24, 2.45) is 0 Å². The lowest BCUT2D eigenvalue weighted by Crippen LogP contribution is -2.22. The van der Waals surface area contributed by atoms with Crippen LogP contribution in [0.5, 0.6) is 0 Å². The van der Waals surface area contributed by atoms with Gasteiger partial charge in [0, 0.05) is 27.9 Å². The van der Waals surface area contributed by atoms with E-state index in [1.807, 2.05) is 60.7 Å². The third kappa shape index (κ3) is 3.15. The first-order valence-electron chi connectivity index (χ1n) is 12.9. The van der Waals surface area contributed by atoms with E-state index < -0.39 is 0 Å². The van der Waals surface area contributed by atoms with Gasteiger partial charge in [0.25, 0.3) is 0 Å². The SMILES string of the molecule is CC1(C)/C(=C\C=C2C(=O)c3cc4ccccc4cc3C2=O)N(c2ccccc2)c2ccc3ccccc3c21. The highest BCUT2D eigenvalue weighted by atomic mass is 16.2. The van der Waals surface area contributed by atoms with Crippen molar-refractivity contribution in [2.45, 2.75) is 19.3 Å². The van der Waals surface area contributed by atoms with Crippen molar-refractivity contribution in [3.63, 3.8) is 0 Å². The summed E-state index contributed by atoms with van der Waals surface area (Å²) in [5.41, 5.74) is 5.23. The third-order valence-corrected chi connectivity index (χ3v) is 7.94. The lowest BCUT2D eigenvalue weighted by Gasteiger charge is -2.27. The second-order valence-corrected chi connectivity index (χ2v) is 10.5. The lowest BCUT2D eigenvalue weighted by molar-refractivity contribution is 0.0988. The summed E-state index contributed by atoms with van der Waals surface area (Å²) in [5.74, 6) is -0.421. The van der Waals surface area contributed by atoms with E-state index in [9.17, 15) is 9.59 Å². The van der Waals surface area contributed by atoms with Crippen LogP contribution < -0.4 is 4.90 Å². The number of hydrogen-bond donors (Lipinski definition) is 0. The first-order chi connectivity index (χ1) is 18.4. The van der Waals surface area contributed by atoms with Gasteiger partial charge in [-0.15, -0.1) is 0 Å². The van der Waals surface area contributed by atoms with Crippen LogP contribution in [0.3, 0.4) is 0 Å². The minimum Gasteiger partial charge on any atom is -0.313 e. The maximum Gasteiger partial charge on any atom is 0.197 e. The molecule has 0 radical (unpaired) electrons. The second-order valence-electron chi connectivity index (χ2n) is 10.5. The van der Waals surface area contributed by atoms with E-state index in [0.717, 1.165) is 27.8 Å². The van der Waals surface area contributed by atoms with Gasteiger partial charge in [-0.25, -0.2) is 0 Å². The molecule has 0 atom stereocenters. The van der Waals surface area contributed by atoms with E-state index in [1.165, 1.54) is 16.3 Å². The predicted octanol–water partition coefficient (Wildman–Crippen LogP) is 8.31. The van der Waals surface area contributed by atoms with Crippen molar-refractivity contribution in [1.82, 2.24) is 0 Å². The number of allylic oxidation sites excluding steroid dienone is 4. The van der Waals surface area contributed by atoms with Crippen LogP contribution in [0, 0.1) is 0 Å². The molecule has 7 rings (SSSR count). The molecular weight excluding hydrogens is 466 g/mol. The number of ketones is 2. The number of Topliss-reactive ketones (excluding diaryl/α,β-unsaturated/α-hetero) is 2. The molecule has 0 unspecified atom stereocenters. The van der Waals surface area contributed by atoms with Gasteiger partial charge in [0.2, 0.25) is 0 Å². The van der Waals surface area contributed by atoms with Crippen molar-refractivity contribution in [3.05, 3.63) is 143 Å². The van der Waals surface area contributed by atoms with Crippen LogP contribution in [0.1, 0.15) is 40.1 Å². The summed E-state index contributed by atoms with van der Waals surface area (Å²) in [7, 11) is 0. The van der Waals surface area contributed by atoms with Crippen LogP contribution in [0.4, 0.5) is 11.4 Å². The highest BCUT2D eigenvalue weighted by molar-refractivity contribution is 6.40. The Labute approximate surface area is 221 Å². The summed E-state index contributed by atoms with van der Waals surface area (Å²) in [6.07, 6.45) is 3.70. The monoisotopic (exact) mass is 491 g/mol. The minimum atomic E-state index is -0.366. The number of nitrogens with zero attached hydrogens (tertiary/aromatic N) is 1. The largest absolute Gasteiger partial charge is 0.313 e. The van der Waals surface area contributed by atoms with Crippen molar-refractivity contribution < 1.29 is 9.59 Å². The zero-order valence-corrected chi connectivity index (χ0v) is 21.2. The number of benzene rings is 5. The molecule has 1 aliphatic heterocycles. The van der Waals surface area contributed by atoms with Crippen LogP contribution in [0.2, 0.25) is 0 Å². The fraction of sp³-hybridized carbons (Fsp3) is 0.0857. The topological polar surface area (TPSA) is 37.4 Å². The van der Waals surface area contributed by atoms with Crippen LogP contribution >= 0.6 is 0 Å². The molecule has 3 heteroatoms. The predicted molar refractivity (Wildman–Crippen MR) is 154 cm³/mol. The smallest absolute Gasteiger partial charge is 0.197 e. The minimum absolute atomic E-state index is 0.211. The molecule has 5 aromatic carbocycles. The van der Waals surface area contributed by atoms with Gasteiger partial charge in [-0.1, -0.05) is 86.6 Å². The van der Waals surface area contributed by atoms with Crippen LogP contribution in [0.25, 0.3) is 21.5 Å². The molecular formula is C35H25NO2. The standard InChI is InChI=1S/C35H25NO2/c1-35(2)31(19-17-27-33(37)28-20-23-11-6-7-12-24(23)21-29(28)34(27)38)36(25-13-4-3-5-14-25)30-18-16-22-10-8-9-15-26(22)32(30)35/h3-21H,1-2H3/b31-19+. The fourth-order valence-corrected chi connectivity index (χ4v) is 6.10. The number of rotatable bonds is 2. The first-order valence-corrected chi connectivity index (χ1v) is 12.9. The molecule has 5 aromatic rings. The summed E-state index contributed by atoms with van der Waals surface area (Å²) in [6.45, 7) is 4.43. The Morgan fingerprint density at radius 1 is 0.632 bits per heavy atom. The highest BCUT2D eigenvalue weighted by Crippen LogP contribution is 2.53. The Hall–Kier alpha value is -4.76. The molecule has 0 saturated heterocycles. The molecule has 1 aliphatic carbocycles. The number of hydrogen-bond acceptors (Lipinski definition) is 3. The Morgan fingerprint density at radius 3 is 1.87 bits per heavy atom. The summed E-state index contributed by atoms with van der Waals surface area (Å²) < 4.78 is 0. The molecule has 0 amide bonds. The maximum atomic E-state index is 13.4. The van der Waals surface area contributed by atoms with Gasteiger partial charge in [0.15, 0.2) is 11.6 Å². The highest BCUT2D eigenvalue weighted by Gasteiger charge is 2.42. The summed E-state index contributed by atoms with van der Waals surface area (Å²) in [5, 5.41) is 4.32. The zero-order chi connectivity index (χ0) is 26.0. The summed E-state index contributed by atoms with van der Waals surface area (Å²) in [4.78, 5) is 29.1. The molecule has 0 aromatic heterocycles. The van der Waals surface area contributed by atoms with E-state index in [-0.39, 0.29) is 22.6 Å². The van der Waals surface area contributed by atoms with Gasteiger partial charge in [-0.3, -0.25) is 9.59 Å². The summed E-state index contributed by atoms with van der Waals surface area (Å²) >= 11 is 0. The molecule has 1 heterocycles. The Bertz CT molecular complexity index is 1820. The van der Waals surface area contributed by atoms with Crippen molar-refractivity contribution in [3.8, 4) is 0 Å². The van der Waals surface area contributed by atoms with Gasteiger partial charge in [-0.05, 0) is 69.6 Å². The third-order valence-electron chi connectivity index (χ3n) is 7.94. The molecule has 0 bridgehead atoms. The van der Waals surface area contributed by atoms with Gasteiger partial charge >= 0.3 is 0 Å². The van der Waals surface area contributed by atoms with E-state index >= 15 is 0 Å². The van der Waals surface area contributed by atoms with Gasteiger partial charge in [0.05, 0.1) is 11.3 Å². The number of carbonyl (C=O) groups is 2. The Kier molecular flexibility index (Phi) is 4.80. The number of para-hydroxylation sites is 1.